The summed E-state index contributed by atoms with van der Waals surface area (Å²) in [7, 11) is 0. The van der Waals surface area contributed by atoms with E-state index in [4.69, 9.17) is 5.73 Å². The Morgan fingerprint density at radius 2 is 2.14 bits per heavy atom. The van der Waals surface area contributed by atoms with Crippen LogP contribution in [0.25, 0.3) is 11.2 Å². The van der Waals surface area contributed by atoms with Gasteiger partial charge in [-0.05, 0) is 17.0 Å². The van der Waals surface area contributed by atoms with E-state index in [2.05, 4.69) is 45.2 Å². The Labute approximate surface area is 122 Å². The van der Waals surface area contributed by atoms with Gasteiger partial charge >= 0.3 is 0 Å². The topological polar surface area (TPSA) is 92.5 Å². The number of rotatable bonds is 4. The van der Waals surface area contributed by atoms with E-state index < -0.39 is 0 Å². The van der Waals surface area contributed by atoms with Crippen LogP contribution in [0.15, 0.2) is 30.7 Å². The van der Waals surface area contributed by atoms with Crippen LogP contribution in [0.2, 0.25) is 0 Å². The van der Waals surface area contributed by atoms with Crippen molar-refractivity contribution in [2.75, 3.05) is 11.1 Å². The zero-order valence-corrected chi connectivity index (χ0v) is 12.1. The van der Waals surface area contributed by atoms with Crippen LogP contribution < -0.4 is 11.1 Å². The van der Waals surface area contributed by atoms with Gasteiger partial charge in [0.25, 0.3) is 0 Å². The summed E-state index contributed by atoms with van der Waals surface area (Å²) in [5.41, 5.74) is 10.7. The number of aromatic nitrogens is 4. The second kappa shape index (κ2) is 5.40. The first kappa shape index (κ1) is 13.4. The highest BCUT2D eigenvalue weighted by molar-refractivity contribution is 5.69. The molecule has 3 rings (SSSR count). The smallest absolute Gasteiger partial charge is 0.225 e. The lowest BCUT2D eigenvalue weighted by atomic mass is 9.98. The first-order valence-electron chi connectivity index (χ1n) is 6.92. The van der Waals surface area contributed by atoms with Crippen molar-refractivity contribution in [3.8, 4) is 0 Å². The number of nitrogens with zero attached hydrogens (tertiary/aromatic N) is 3. The summed E-state index contributed by atoms with van der Waals surface area (Å²) in [5, 5.41) is 3.19. The van der Waals surface area contributed by atoms with Crippen molar-refractivity contribution in [2.45, 2.75) is 26.3 Å². The number of benzene rings is 1. The van der Waals surface area contributed by atoms with Crippen LogP contribution in [0.3, 0.4) is 0 Å². The molecule has 0 saturated carbocycles. The van der Waals surface area contributed by atoms with Crippen molar-refractivity contribution >= 4 is 22.8 Å². The molecule has 0 aliphatic carbocycles. The summed E-state index contributed by atoms with van der Waals surface area (Å²) >= 11 is 0. The van der Waals surface area contributed by atoms with Crippen LogP contribution in [0.4, 0.5) is 11.6 Å². The normalized spacial score (nSPS) is 11.2. The first-order valence-corrected chi connectivity index (χ1v) is 6.92. The monoisotopic (exact) mass is 282 g/mol. The Bertz CT molecular complexity index is 762. The average molecular weight is 282 g/mol. The van der Waals surface area contributed by atoms with E-state index in [1.807, 2.05) is 12.1 Å². The van der Waals surface area contributed by atoms with Gasteiger partial charge in [0.05, 0.1) is 12.5 Å². The van der Waals surface area contributed by atoms with Crippen LogP contribution in [-0.4, -0.2) is 19.9 Å². The maximum absolute atomic E-state index is 6.22. The number of hydrogen-bond acceptors (Lipinski definition) is 5. The molecule has 1 aromatic carbocycles. The molecular weight excluding hydrogens is 264 g/mol. The molecule has 3 aromatic rings. The lowest BCUT2D eigenvalue weighted by Gasteiger charge is -2.14. The largest absolute Gasteiger partial charge is 0.398 e. The minimum absolute atomic E-state index is 0.404. The van der Waals surface area contributed by atoms with Gasteiger partial charge in [-0.2, -0.15) is 4.98 Å². The molecule has 0 radical (unpaired) electrons. The number of nitrogen functional groups attached to an aromatic ring is 1. The van der Waals surface area contributed by atoms with Crippen molar-refractivity contribution in [3.63, 3.8) is 0 Å². The van der Waals surface area contributed by atoms with Gasteiger partial charge < -0.3 is 16.0 Å². The van der Waals surface area contributed by atoms with E-state index in [1.54, 1.807) is 12.5 Å². The summed E-state index contributed by atoms with van der Waals surface area (Å²) in [6.45, 7) is 4.86. The standard InChI is InChI=1S/C15H18N6/c1-9(2)11-5-3-4-10(13(11)16)6-17-15-18-7-12-14(21-15)20-8-19-12/h3-5,7-9H,6,16H2,1-2H3,(H2,17,18,19,20,21). The molecule has 0 aliphatic rings. The van der Waals surface area contributed by atoms with Gasteiger partial charge in [-0.1, -0.05) is 32.0 Å². The maximum Gasteiger partial charge on any atom is 0.225 e. The van der Waals surface area contributed by atoms with Crippen LogP contribution >= 0.6 is 0 Å². The third-order valence-electron chi connectivity index (χ3n) is 3.46. The zero-order valence-electron chi connectivity index (χ0n) is 12.1. The molecule has 0 aliphatic heterocycles. The highest BCUT2D eigenvalue weighted by Crippen LogP contribution is 2.25. The second-order valence-corrected chi connectivity index (χ2v) is 5.26. The number of hydrogen-bond donors (Lipinski definition) is 3. The molecule has 0 fully saturated rings. The molecule has 0 amide bonds. The van der Waals surface area contributed by atoms with Crippen LogP contribution in [0, 0.1) is 0 Å². The predicted octanol–water partition coefficient (Wildman–Crippen LogP) is 2.67. The zero-order chi connectivity index (χ0) is 14.8. The molecule has 0 saturated heterocycles. The number of nitrogens with two attached hydrogens (primary N) is 1. The fourth-order valence-electron chi connectivity index (χ4n) is 2.29. The molecule has 6 nitrogen and oxygen atoms in total. The molecule has 0 unspecified atom stereocenters. The lowest BCUT2D eigenvalue weighted by Crippen LogP contribution is -2.08. The summed E-state index contributed by atoms with van der Waals surface area (Å²) in [4.78, 5) is 15.7. The van der Waals surface area contributed by atoms with Gasteiger partial charge in [-0.3, -0.25) is 0 Å². The van der Waals surface area contributed by atoms with E-state index in [-0.39, 0.29) is 0 Å². The summed E-state index contributed by atoms with van der Waals surface area (Å²) < 4.78 is 0. The molecule has 0 spiro atoms. The minimum Gasteiger partial charge on any atom is -0.398 e. The fourth-order valence-corrected chi connectivity index (χ4v) is 2.29. The van der Waals surface area contributed by atoms with Crippen molar-refractivity contribution in [1.82, 2.24) is 19.9 Å². The molecule has 4 N–H and O–H groups in total. The molecule has 6 heteroatoms. The molecule has 21 heavy (non-hydrogen) atoms. The summed E-state index contributed by atoms with van der Waals surface area (Å²) in [5.74, 6) is 0.950. The van der Waals surface area contributed by atoms with E-state index >= 15 is 0 Å². The number of nitrogens with one attached hydrogen (secondary N) is 2. The van der Waals surface area contributed by atoms with Crippen molar-refractivity contribution < 1.29 is 0 Å². The lowest BCUT2D eigenvalue weighted by molar-refractivity contribution is 0.866. The van der Waals surface area contributed by atoms with E-state index in [0.717, 1.165) is 22.3 Å². The Hall–Kier alpha value is -2.63. The Morgan fingerprint density at radius 1 is 1.29 bits per heavy atom. The second-order valence-electron chi connectivity index (χ2n) is 5.26. The van der Waals surface area contributed by atoms with Crippen LogP contribution in [-0.2, 0) is 6.54 Å². The maximum atomic E-state index is 6.22. The number of aromatic amines is 1. The summed E-state index contributed by atoms with van der Waals surface area (Å²) in [6, 6.07) is 6.11. The number of imidazole rings is 1. The van der Waals surface area contributed by atoms with E-state index in [0.29, 0.717) is 24.1 Å². The van der Waals surface area contributed by atoms with Crippen LogP contribution in [0.1, 0.15) is 30.9 Å². The average Bonchev–Trinajstić information content (AvgIpc) is 2.93. The summed E-state index contributed by atoms with van der Waals surface area (Å²) in [6.07, 6.45) is 3.32. The third-order valence-corrected chi connectivity index (χ3v) is 3.46. The van der Waals surface area contributed by atoms with Gasteiger partial charge in [0.2, 0.25) is 5.95 Å². The van der Waals surface area contributed by atoms with E-state index in [9.17, 15) is 0 Å². The van der Waals surface area contributed by atoms with Crippen LogP contribution in [0.5, 0.6) is 0 Å². The molecule has 108 valence electrons. The SMILES string of the molecule is CC(C)c1cccc(CNc2ncc3[nH]cnc3n2)c1N. The molecule has 2 heterocycles. The van der Waals surface area contributed by atoms with Gasteiger partial charge in [0.15, 0.2) is 5.65 Å². The van der Waals surface area contributed by atoms with Gasteiger partial charge in [0.1, 0.15) is 5.52 Å². The third kappa shape index (κ3) is 2.65. The van der Waals surface area contributed by atoms with Gasteiger partial charge in [-0.15, -0.1) is 0 Å². The molecule has 2 aromatic heterocycles. The Morgan fingerprint density at radius 3 is 2.95 bits per heavy atom. The Kier molecular flexibility index (Phi) is 3.43. The number of H-pyrrole nitrogens is 1. The molecular formula is C15H18N6. The van der Waals surface area contributed by atoms with E-state index in [1.165, 1.54) is 0 Å². The fraction of sp³-hybridized carbons (Fsp3) is 0.267. The highest BCUT2D eigenvalue weighted by atomic mass is 15.1. The predicted molar refractivity (Wildman–Crippen MR) is 84.0 cm³/mol. The number of para-hydroxylation sites is 1. The highest BCUT2D eigenvalue weighted by Gasteiger charge is 2.08. The van der Waals surface area contributed by atoms with Crippen molar-refractivity contribution in [3.05, 3.63) is 41.9 Å². The quantitative estimate of drug-likeness (QED) is 0.640. The number of fused-ring (bicyclic) bond motifs is 1. The first-order chi connectivity index (χ1) is 10.1. The number of anilines is 2. The van der Waals surface area contributed by atoms with Gasteiger partial charge in [0, 0.05) is 12.2 Å². The van der Waals surface area contributed by atoms with Crippen molar-refractivity contribution in [2.24, 2.45) is 0 Å². The van der Waals surface area contributed by atoms with Gasteiger partial charge in [-0.25, -0.2) is 9.97 Å². The minimum atomic E-state index is 0.404. The Balaban J connectivity index is 1.79. The van der Waals surface area contributed by atoms with Crippen molar-refractivity contribution in [1.29, 1.82) is 0 Å². The molecule has 0 bridgehead atoms. The molecule has 0 atom stereocenters.